The number of benzene rings is 2. The van der Waals surface area contributed by atoms with Gasteiger partial charge in [0.25, 0.3) is 0 Å². The molecule has 2 heterocycles. The van der Waals surface area contributed by atoms with Gasteiger partial charge in [-0.25, -0.2) is 4.79 Å². The SMILES string of the molecule is C[C@H]1Cc2cc(NC(=O)N3CCC(C#N)(c4ccccc4)CC3)ccc2O1. The summed E-state index contributed by atoms with van der Waals surface area (Å²) in [7, 11) is 0. The van der Waals surface area contributed by atoms with Crippen LogP contribution in [0.2, 0.25) is 0 Å². The molecule has 2 aliphatic rings. The van der Waals surface area contributed by atoms with E-state index < -0.39 is 5.41 Å². The number of ether oxygens (including phenoxy) is 1. The van der Waals surface area contributed by atoms with Crippen molar-refractivity contribution >= 4 is 11.7 Å². The number of likely N-dealkylation sites (tertiary alicyclic amines) is 1. The minimum Gasteiger partial charge on any atom is -0.490 e. The Labute approximate surface area is 159 Å². The Hall–Kier alpha value is -3.00. The van der Waals surface area contributed by atoms with Gasteiger partial charge in [0.2, 0.25) is 0 Å². The third-order valence-corrected chi connectivity index (χ3v) is 5.59. The molecule has 0 saturated carbocycles. The van der Waals surface area contributed by atoms with Gasteiger partial charge >= 0.3 is 6.03 Å². The number of amides is 2. The van der Waals surface area contributed by atoms with E-state index in [0.717, 1.165) is 29.0 Å². The molecule has 1 saturated heterocycles. The number of hydrogen-bond donors (Lipinski definition) is 1. The molecular formula is C22H23N3O2. The molecule has 0 aliphatic carbocycles. The van der Waals surface area contributed by atoms with Crippen molar-refractivity contribution in [2.75, 3.05) is 18.4 Å². The van der Waals surface area contributed by atoms with Gasteiger partial charge in [-0.1, -0.05) is 30.3 Å². The number of rotatable bonds is 2. The van der Waals surface area contributed by atoms with Crippen LogP contribution in [0.4, 0.5) is 10.5 Å². The van der Waals surface area contributed by atoms with Crippen LogP contribution in [0.15, 0.2) is 48.5 Å². The maximum absolute atomic E-state index is 12.7. The molecule has 2 aromatic carbocycles. The predicted octanol–water partition coefficient (Wildman–Crippen LogP) is 4.10. The lowest BCUT2D eigenvalue weighted by atomic mass is 9.74. The van der Waals surface area contributed by atoms with Gasteiger partial charge in [-0.2, -0.15) is 5.26 Å². The number of anilines is 1. The first-order valence-electron chi connectivity index (χ1n) is 9.42. The average Bonchev–Trinajstić information content (AvgIpc) is 3.08. The van der Waals surface area contributed by atoms with Gasteiger partial charge in [-0.15, -0.1) is 0 Å². The van der Waals surface area contributed by atoms with E-state index in [2.05, 4.69) is 11.4 Å². The number of carbonyl (C=O) groups excluding carboxylic acids is 1. The summed E-state index contributed by atoms with van der Waals surface area (Å²) in [4.78, 5) is 14.5. The van der Waals surface area contributed by atoms with E-state index in [9.17, 15) is 10.1 Å². The lowest BCUT2D eigenvalue weighted by Crippen LogP contribution is -2.46. The molecule has 5 nitrogen and oxygen atoms in total. The summed E-state index contributed by atoms with van der Waals surface area (Å²) in [6, 6.07) is 18.1. The van der Waals surface area contributed by atoms with Crippen molar-refractivity contribution < 1.29 is 9.53 Å². The molecule has 0 aromatic heterocycles. The zero-order valence-corrected chi connectivity index (χ0v) is 15.4. The summed E-state index contributed by atoms with van der Waals surface area (Å²) in [5.74, 6) is 0.903. The molecule has 0 spiro atoms. The van der Waals surface area contributed by atoms with Crippen LogP contribution in [0.1, 0.15) is 30.9 Å². The summed E-state index contributed by atoms with van der Waals surface area (Å²) in [5.41, 5.74) is 2.46. The third-order valence-electron chi connectivity index (χ3n) is 5.59. The molecule has 0 radical (unpaired) electrons. The summed E-state index contributed by atoms with van der Waals surface area (Å²) in [6.07, 6.45) is 2.35. The molecule has 138 valence electrons. The number of nitriles is 1. The maximum Gasteiger partial charge on any atom is 0.321 e. The van der Waals surface area contributed by atoms with Crippen LogP contribution >= 0.6 is 0 Å². The molecule has 2 amide bonds. The number of hydrogen-bond acceptors (Lipinski definition) is 3. The topological polar surface area (TPSA) is 65.4 Å². The number of piperidine rings is 1. The van der Waals surface area contributed by atoms with Crippen LogP contribution < -0.4 is 10.1 Å². The zero-order chi connectivity index (χ0) is 18.9. The van der Waals surface area contributed by atoms with E-state index in [4.69, 9.17) is 4.74 Å². The molecule has 1 N–H and O–H groups in total. The fraction of sp³-hybridized carbons (Fsp3) is 0.364. The molecule has 1 fully saturated rings. The molecule has 4 rings (SSSR count). The number of fused-ring (bicyclic) bond motifs is 1. The third kappa shape index (κ3) is 3.35. The molecule has 2 aliphatic heterocycles. The highest BCUT2D eigenvalue weighted by Crippen LogP contribution is 2.35. The van der Waals surface area contributed by atoms with Crippen LogP contribution in [0, 0.1) is 11.3 Å². The molecule has 27 heavy (non-hydrogen) atoms. The van der Waals surface area contributed by atoms with E-state index in [1.165, 1.54) is 0 Å². The zero-order valence-electron chi connectivity index (χ0n) is 15.4. The minimum absolute atomic E-state index is 0.110. The number of nitrogens with zero attached hydrogens (tertiary/aromatic N) is 2. The number of urea groups is 1. The van der Waals surface area contributed by atoms with Gasteiger partial charge in [-0.3, -0.25) is 0 Å². The fourth-order valence-corrected chi connectivity index (χ4v) is 4.02. The first kappa shape index (κ1) is 17.4. The summed E-state index contributed by atoms with van der Waals surface area (Å²) < 4.78 is 5.71. The smallest absolute Gasteiger partial charge is 0.321 e. The van der Waals surface area contributed by atoms with Crippen molar-refractivity contribution in [2.45, 2.75) is 37.7 Å². The quantitative estimate of drug-likeness (QED) is 0.876. The van der Waals surface area contributed by atoms with Crippen LogP contribution in [-0.2, 0) is 11.8 Å². The van der Waals surface area contributed by atoms with Crippen molar-refractivity contribution in [1.29, 1.82) is 5.26 Å². The fourth-order valence-electron chi connectivity index (χ4n) is 4.02. The Morgan fingerprint density at radius 1 is 1.22 bits per heavy atom. The van der Waals surface area contributed by atoms with Gasteiger partial charge in [-0.05, 0) is 49.1 Å². The Morgan fingerprint density at radius 2 is 1.96 bits per heavy atom. The minimum atomic E-state index is -0.501. The van der Waals surface area contributed by atoms with E-state index in [1.807, 2.05) is 55.5 Å². The second-order valence-electron chi connectivity index (χ2n) is 7.43. The van der Waals surface area contributed by atoms with Gasteiger partial charge < -0.3 is 15.0 Å². The number of carbonyl (C=O) groups is 1. The lowest BCUT2D eigenvalue weighted by molar-refractivity contribution is 0.183. The van der Waals surface area contributed by atoms with Crippen molar-refractivity contribution in [3.05, 3.63) is 59.7 Å². The predicted molar refractivity (Wildman–Crippen MR) is 104 cm³/mol. The normalized spacial score (nSPS) is 20.3. The van der Waals surface area contributed by atoms with E-state index in [-0.39, 0.29) is 12.1 Å². The average molecular weight is 361 g/mol. The number of nitrogens with one attached hydrogen (secondary N) is 1. The van der Waals surface area contributed by atoms with Crippen LogP contribution in [0.3, 0.4) is 0 Å². The van der Waals surface area contributed by atoms with E-state index in [1.54, 1.807) is 4.90 Å². The Balaban J connectivity index is 1.41. The van der Waals surface area contributed by atoms with Crippen LogP contribution in [0.5, 0.6) is 5.75 Å². The van der Waals surface area contributed by atoms with E-state index in [0.29, 0.717) is 25.9 Å². The summed E-state index contributed by atoms with van der Waals surface area (Å²) in [6.45, 7) is 3.18. The van der Waals surface area contributed by atoms with Gasteiger partial charge in [0.15, 0.2) is 0 Å². The molecule has 2 aromatic rings. The Bertz CT molecular complexity index is 880. The van der Waals surface area contributed by atoms with Crippen molar-refractivity contribution in [3.63, 3.8) is 0 Å². The first-order chi connectivity index (χ1) is 13.1. The second kappa shape index (κ2) is 6.96. The highest BCUT2D eigenvalue weighted by Gasteiger charge is 2.37. The van der Waals surface area contributed by atoms with Gasteiger partial charge in [0.1, 0.15) is 11.9 Å². The van der Waals surface area contributed by atoms with E-state index >= 15 is 0 Å². The molecule has 1 atom stereocenters. The second-order valence-corrected chi connectivity index (χ2v) is 7.43. The highest BCUT2D eigenvalue weighted by atomic mass is 16.5. The molecule has 0 unspecified atom stereocenters. The Kier molecular flexibility index (Phi) is 4.49. The maximum atomic E-state index is 12.7. The van der Waals surface area contributed by atoms with Crippen molar-refractivity contribution in [2.24, 2.45) is 0 Å². The van der Waals surface area contributed by atoms with Crippen LogP contribution in [-0.4, -0.2) is 30.1 Å². The largest absolute Gasteiger partial charge is 0.490 e. The molecule has 0 bridgehead atoms. The molecular weight excluding hydrogens is 338 g/mol. The first-order valence-corrected chi connectivity index (χ1v) is 9.42. The standard InChI is InChI=1S/C22H23N3O2/c1-16-13-17-14-19(7-8-20(17)27-16)24-21(26)25-11-9-22(15-23,10-12-25)18-5-3-2-4-6-18/h2-8,14,16H,9-13H2,1H3,(H,24,26)/t16-/m0/s1. The van der Waals surface area contributed by atoms with Crippen molar-refractivity contribution in [1.82, 2.24) is 4.90 Å². The Morgan fingerprint density at radius 3 is 2.67 bits per heavy atom. The highest BCUT2D eigenvalue weighted by molar-refractivity contribution is 5.89. The molecule has 5 heteroatoms. The lowest BCUT2D eigenvalue weighted by Gasteiger charge is -2.37. The summed E-state index contributed by atoms with van der Waals surface area (Å²) >= 11 is 0. The van der Waals surface area contributed by atoms with Crippen LogP contribution in [0.25, 0.3) is 0 Å². The van der Waals surface area contributed by atoms with Crippen molar-refractivity contribution in [3.8, 4) is 11.8 Å². The monoisotopic (exact) mass is 361 g/mol. The van der Waals surface area contributed by atoms with Gasteiger partial charge in [0.05, 0.1) is 11.5 Å². The summed E-state index contributed by atoms with van der Waals surface area (Å²) in [5, 5.41) is 12.8. The van der Waals surface area contributed by atoms with Gasteiger partial charge in [0, 0.05) is 25.2 Å².